The van der Waals surface area contributed by atoms with Gasteiger partial charge in [0.1, 0.15) is 0 Å². The largest absolute Gasteiger partial charge is 0.481 e. The van der Waals surface area contributed by atoms with Crippen LogP contribution in [-0.4, -0.2) is 49.2 Å². The zero-order chi connectivity index (χ0) is 12.9. The number of carbonyl (C=O) groups is 1. The maximum Gasteiger partial charge on any atom is 0.304 e. The van der Waals surface area contributed by atoms with E-state index in [-0.39, 0.29) is 12.2 Å². The first-order valence-corrected chi connectivity index (χ1v) is 7.46. The third kappa shape index (κ3) is 4.61. The Hall–Kier alpha value is -0.660. The van der Waals surface area contributed by atoms with Gasteiger partial charge in [-0.25, -0.2) is 12.7 Å². The van der Waals surface area contributed by atoms with E-state index in [2.05, 4.69) is 0 Å². The van der Waals surface area contributed by atoms with Crippen molar-refractivity contribution in [2.45, 2.75) is 25.7 Å². The zero-order valence-corrected chi connectivity index (χ0v) is 10.7. The molecule has 1 aliphatic heterocycles. The summed E-state index contributed by atoms with van der Waals surface area (Å²) in [6.45, 7) is 1.55. The van der Waals surface area contributed by atoms with Gasteiger partial charge in [0, 0.05) is 13.1 Å². The second-order valence-corrected chi connectivity index (χ2v) is 6.49. The quantitative estimate of drug-likeness (QED) is 0.695. The van der Waals surface area contributed by atoms with Crippen molar-refractivity contribution in [1.29, 1.82) is 0 Å². The molecule has 0 aliphatic carbocycles. The summed E-state index contributed by atoms with van der Waals surface area (Å²) in [6.07, 6.45) is 2.32. The van der Waals surface area contributed by atoms with E-state index < -0.39 is 16.0 Å². The number of hydrogen-bond acceptors (Lipinski definition) is 4. The minimum absolute atomic E-state index is 0.308. The molecule has 1 heterocycles. The Morgan fingerprint density at radius 2 is 2.18 bits per heavy atom. The summed E-state index contributed by atoms with van der Waals surface area (Å²) in [4.78, 5) is 10.4. The van der Waals surface area contributed by atoms with E-state index >= 15 is 0 Å². The van der Waals surface area contributed by atoms with Crippen molar-refractivity contribution in [2.24, 2.45) is 11.7 Å². The van der Waals surface area contributed by atoms with Crippen LogP contribution in [0.2, 0.25) is 0 Å². The molecule has 17 heavy (non-hydrogen) atoms. The molecule has 0 aromatic carbocycles. The van der Waals surface area contributed by atoms with Crippen molar-refractivity contribution < 1.29 is 18.3 Å². The van der Waals surface area contributed by atoms with E-state index in [0.29, 0.717) is 25.6 Å². The van der Waals surface area contributed by atoms with Gasteiger partial charge in [-0.3, -0.25) is 4.79 Å². The van der Waals surface area contributed by atoms with Gasteiger partial charge in [-0.05, 0) is 31.7 Å². The number of carboxylic acids is 1. The third-order valence-corrected chi connectivity index (χ3v) is 4.86. The summed E-state index contributed by atoms with van der Waals surface area (Å²) in [5.41, 5.74) is 5.47. The standard InChI is InChI=1S/C10H20N2O4S/c11-5-3-9-2-1-6-12(8-9)17(15,16)7-4-10(13)14/h9H,1-8,11H2,(H,13,14). The fourth-order valence-corrected chi connectivity index (χ4v) is 3.63. The summed E-state index contributed by atoms with van der Waals surface area (Å²) in [5.74, 6) is -1.07. The Morgan fingerprint density at radius 1 is 1.47 bits per heavy atom. The SMILES string of the molecule is NCCC1CCCN(S(=O)(=O)CCC(=O)O)C1. The average Bonchev–Trinajstić information content (AvgIpc) is 2.27. The van der Waals surface area contributed by atoms with Gasteiger partial charge in [0.25, 0.3) is 0 Å². The second-order valence-electron chi connectivity index (χ2n) is 4.40. The molecule has 6 nitrogen and oxygen atoms in total. The Morgan fingerprint density at radius 3 is 2.76 bits per heavy atom. The predicted molar refractivity (Wildman–Crippen MR) is 64.0 cm³/mol. The summed E-state index contributed by atoms with van der Waals surface area (Å²) in [6, 6.07) is 0. The fraction of sp³-hybridized carbons (Fsp3) is 0.900. The Kier molecular flexibility index (Phi) is 5.35. The minimum Gasteiger partial charge on any atom is -0.481 e. The third-order valence-electron chi connectivity index (χ3n) is 3.02. The lowest BCUT2D eigenvalue weighted by Gasteiger charge is -2.31. The van der Waals surface area contributed by atoms with Crippen molar-refractivity contribution in [3.8, 4) is 0 Å². The molecule has 1 aliphatic rings. The molecule has 100 valence electrons. The zero-order valence-electron chi connectivity index (χ0n) is 9.84. The highest BCUT2D eigenvalue weighted by Crippen LogP contribution is 2.21. The van der Waals surface area contributed by atoms with Gasteiger partial charge < -0.3 is 10.8 Å². The Labute approximate surface area is 102 Å². The van der Waals surface area contributed by atoms with Crippen LogP contribution in [0.25, 0.3) is 0 Å². The molecule has 0 saturated carbocycles. The van der Waals surface area contributed by atoms with Gasteiger partial charge in [0.15, 0.2) is 0 Å². The lowest BCUT2D eigenvalue weighted by atomic mass is 9.96. The molecule has 0 amide bonds. The molecular weight excluding hydrogens is 244 g/mol. The number of nitrogens with zero attached hydrogens (tertiary/aromatic N) is 1. The van der Waals surface area contributed by atoms with Crippen LogP contribution in [0.4, 0.5) is 0 Å². The van der Waals surface area contributed by atoms with E-state index in [1.807, 2.05) is 0 Å². The summed E-state index contributed by atoms with van der Waals surface area (Å²) >= 11 is 0. The van der Waals surface area contributed by atoms with Crippen LogP contribution in [0.3, 0.4) is 0 Å². The number of piperidine rings is 1. The number of aliphatic carboxylic acids is 1. The van der Waals surface area contributed by atoms with Crippen LogP contribution in [0.15, 0.2) is 0 Å². The van der Waals surface area contributed by atoms with Gasteiger partial charge in [0.2, 0.25) is 10.0 Å². The molecule has 3 N–H and O–H groups in total. The first kappa shape index (κ1) is 14.4. The molecule has 0 bridgehead atoms. The normalized spacial score (nSPS) is 22.5. The van der Waals surface area contributed by atoms with E-state index in [1.165, 1.54) is 4.31 Å². The van der Waals surface area contributed by atoms with Gasteiger partial charge >= 0.3 is 5.97 Å². The number of hydrogen-bond donors (Lipinski definition) is 2. The van der Waals surface area contributed by atoms with E-state index in [0.717, 1.165) is 19.3 Å². The molecule has 0 radical (unpaired) electrons. The number of carboxylic acid groups (broad SMARTS) is 1. The van der Waals surface area contributed by atoms with Crippen LogP contribution in [0, 0.1) is 5.92 Å². The lowest BCUT2D eigenvalue weighted by Crippen LogP contribution is -2.41. The Balaban J connectivity index is 2.55. The van der Waals surface area contributed by atoms with Crippen molar-refractivity contribution in [3.63, 3.8) is 0 Å². The highest BCUT2D eigenvalue weighted by atomic mass is 32.2. The fourth-order valence-electron chi connectivity index (χ4n) is 2.10. The van der Waals surface area contributed by atoms with Crippen LogP contribution < -0.4 is 5.73 Å². The molecule has 1 saturated heterocycles. The molecule has 1 fully saturated rings. The molecule has 0 aromatic rings. The molecular formula is C10H20N2O4S. The van der Waals surface area contributed by atoms with Crippen molar-refractivity contribution in [3.05, 3.63) is 0 Å². The Bertz CT molecular complexity index is 353. The highest BCUT2D eigenvalue weighted by Gasteiger charge is 2.28. The van der Waals surface area contributed by atoms with Crippen molar-refractivity contribution in [2.75, 3.05) is 25.4 Å². The van der Waals surface area contributed by atoms with E-state index in [1.54, 1.807) is 0 Å². The molecule has 1 unspecified atom stereocenters. The van der Waals surface area contributed by atoms with Gasteiger partial charge in [-0.2, -0.15) is 0 Å². The maximum absolute atomic E-state index is 11.9. The lowest BCUT2D eigenvalue weighted by molar-refractivity contribution is -0.136. The second kappa shape index (κ2) is 6.32. The van der Waals surface area contributed by atoms with Crippen LogP contribution in [-0.2, 0) is 14.8 Å². The first-order chi connectivity index (χ1) is 7.95. The minimum atomic E-state index is -3.42. The average molecular weight is 264 g/mol. The summed E-state index contributed by atoms with van der Waals surface area (Å²) in [7, 11) is -3.42. The molecule has 0 spiro atoms. The van der Waals surface area contributed by atoms with Crippen LogP contribution >= 0.6 is 0 Å². The number of sulfonamides is 1. The van der Waals surface area contributed by atoms with Gasteiger partial charge in [-0.1, -0.05) is 0 Å². The van der Waals surface area contributed by atoms with Gasteiger partial charge in [0.05, 0.1) is 12.2 Å². The molecule has 1 rings (SSSR count). The summed E-state index contributed by atoms with van der Waals surface area (Å²) in [5, 5.41) is 8.51. The van der Waals surface area contributed by atoms with Crippen molar-refractivity contribution >= 4 is 16.0 Å². The monoisotopic (exact) mass is 264 g/mol. The molecule has 1 atom stereocenters. The van der Waals surface area contributed by atoms with Crippen LogP contribution in [0.1, 0.15) is 25.7 Å². The predicted octanol–water partition coefficient (Wildman–Crippen LogP) is -0.148. The first-order valence-electron chi connectivity index (χ1n) is 5.85. The molecule has 0 aromatic heterocycles. The summed E-state index contributed by atoms with van der Waals surface area (Å²) < 4.78 is 25.2. The number of nitrogens with two attached hydrogens (primary N) is 1. The molecule has 7 heteroatoms. The maximum atomic E-state index is 11.9. The topological polar surface area (TPSA) is 101 Å². The van der Waals surface area contributed by atoms with Gasteiger partial charge in [-0.15, -0.1) is 0 Å². The highest BCUT2D eigenvalue weighted by molar-refractivity contribution is 7.89. The van der Waals surface area contributed by atoms with Crippen molar-refractivity contribution in [1.82, 2.24) is 4.31 Å². The van der Waals surface area contributed by atoms with E-state index in [9.17, 15) is 13.2 Å². The van der Waals surface area contributed by atoms with E-state index in [4.69, 9.17) is 10.8 Å². The smallest absolute Gasteiger partial charge is 0.304 e. The van der Waals surface area contributed by atoms with Crippen LogP contribution in [0.5, 0.6) is 0 Å². The number of rotatable bonds is 6.